The highest BCUT2D eigenvalue weighted by atomic mass is 16.5. The first kappa shape index (κ1) is 27.8. The molecule has 0 bridgehead atoms. The number of hydrogen-bond donors (Lipinski definition) is 3. The van der Waals surface area contributed by atoms with Gasteiger partial charge in [0, 0.05) is 30.9 Å². The molecule has 0 aliphatic carbocycles. The third-order valence-corrected chi connectivity index (χ3v) is 7.27. The Balaban J connectivity index is 1.29. The number of nitrogens with one attached hydrogen (secondary N) is 3. The molecule has 10 nitrogen and oxygen atoms in total. The van der Waals surface area contributed by atoms with Gasteiger partial charge in [-0.2, -0.15) is 0 Å². The number of rotatable bonds is 10. The summed E-state index contributed by atoms with van der Waals surface area (Å²) in [6, 6.07) is 19.7. The summed E-state index contributed by atoms with van der Waals surface area (Å²) in [7, 11) is 0. The number of aryl methyl sites for hydroxylation is 1. The van der Waals surface area contributed by atoms with Crippen LogP contribution in [0.3, 0.4) is 0 Å². The quantitative estimate of drug-likeness (QED) is 0.271. The van der Waals surface area contributed by atoms with Crippen LogP contribution in [0, 0.1) is 6.92 Å². The van der Waals surface area contributed by atoms with E-state index >= 15 is 0 Å². The normalized spacial score (nSPS) is 16.2. The Labute approximate surface area is 238 Å². The first-order chi connectivity index (χ1) is 19.9. The molecule has 2 unspecified atom stereocenters. The van der Waals surface area contributed by atoms with Gasteiger partial charge in [-0.3, -0.25) is 14.4 Å². The maximum atomic E-state index is 13.5. The van der Waals surface area contributed by atoms with Crippen LogP contribution in [0.15, 0.2) is 77.4 Å². The number of H-pyrrole nitrogens is 1. The van der Waals surface area contributed by atoms with Crippen molar-refractivity contribution in [3.63, 3.8) is 0 Å². The lowest BCUT2D eigenvalue weighted by atomic mass is 10.0. The number of likely N-dealkylation sites (tertiary alicyclic amines) is 1. The molecule has 4 aromatic rings. The third-order valence-electron chi connectivity index (χ3n) is 7.27. The van der Waals surface area contributed by atoms with Crippen molar-refractivity contribution in [3.8, 4) is 0 Å². The lowest BCUT2D eigenvalue weighted by Crippen LogP contribution is -2.50. The summed E-state index contributed by atoms with van der Waals surface area (Å²) in [6.07, 6.45) is 3.95. The molecule has 3 atom stereocenters. The third kappa shape index (κ3) is 6.89. The number of amides is 3. The fraction of sp³-hybridized carbons (Fsp3) is 0.323. The standard InChI is InChI=1S/C31H34N6O4/c1-20-16-26(36-41-20)31(40)35-25(18-28(38)37-15-9-14-27(37)23-12-7-4-8-13-23)30(39)33-21(2)29-32-19-24(34-29)17-22-10-5-3-6-11-22/h3-8,10-13,16,19,21,25,27H,9,14-15,17-18H2,1-2H3,(H,32,34)(H,33,39)(H,35,40)/t21?,25?,27-/m0/s1. The number of imidazole rings is 1. The zero-order chi connectivity index (χ0) is 28.8. The number of nitrogens with zero attached hydrogens (tertiary/aromatic N) is 3. The Kier molecular flexibility index (Phi) is 8.57. The number of carbonyl (C=O) groups excluding carboxylic acids is 3. The lowest BCUT2D eigenvalue weighted by Gasteiger charge is -2.27. The van der Waals surface area contributed by atoms with Crippen molar-refractivity contribution in [3.05, 3.63) is 107 Å². The number of benzene rings is 2. The molecule has 5 rings (SSSR count). The van der Waals surface area contributed by atoms with E-state index in [0.717, 1.165) is 29.7 Å². The molecular formula is C31H34N6O4. The van der Waals surface area contributed by atoms with Gasteiger partial charge in [-0.05, 0) is 37.8 Å². The zero-order valence-electron chi connectivity index (χ0n) is 23.2. The largest absolute Gasteiger partial charge is 0.361 e. The van der Waals surface area contributed by atoms with E-state index in [9.17, 15) is 14.4 Å². The molecule has 1 aliphatic heterocycles. The summed E-state index contributed by atoms with van der Waals surface area (Å²) in [4.78, 5) is 49.5. The Morgan fingerprint density at radius 2 is 1.80 bits per heavy atom. The Morgan fingerprint density at radius 1 is 1.07 bits per heavy atom. The fourth-order valence-corrected chi connectivity index (χ4v) is 5.18. The number of aromatic nitrogens is 3. The Morgan fingerprint density at radius 3 is 2.51 bits per heavy atom. The first-order valence-corrected chi connectivity index (χ1v) is 13.8. The van der Waals surface area contributed by atoms with Crippen LogP contribution in [-0.2, 0) is 16.0 Å². The summed E-state index contributed by atoms with van der Waals surface area (Å²) in [5, 5.41) is 9.36. The second-order valence-corrected chi connectivity index (χ2v) is 10.4. The average Bonchev–Trinajstić information content (AvgIpc) is 3.75. The maximum absolute atomic E-state index is 13.5. The second-order valence-electron chi connectivity index (χ2n) is 10.4. The van der Waals surface area contributed by atoms with Crippen LogP contribution in [0.1, 0.15) is 77.2 Å². The van der Waals surface area contributed by atoms with Gasteiger partial charge < -0.3 is 25.0 Å². The summed E-state index contributed by atoms with van der Waals surface area (Å²) in [6.45, 7) is 4.07. The van der Waals surface area contributed by atoms with Crippen molar-refractivity contribution in [2.45, 2.75) is 57.7 Å². The van der Waals surface area contributed by atoms with E-state index in [0.29, 0.717) is 24.6 Å². The van der Waals surface area contributed by atoms with Crippen LogP contribution in [0.2, 0.25) is 0 Å². The van der Waals surface area contributed by atoms with Crippen molar-refractivity contribution >= 4 is 17.7 Å². The maximum Gasteiger partial charge on any atom is 0.274 e. The molecule has 3 N–H and O–H groups in total. The molecule has 2 aromatic heterocycles. The van der Waals surface area contributed by atoms with Crippen molar-refractivity contribution in [1.82, 2.24) is 30.7 Å². The van der Waals surface area contributed by atoms with Crippen molar-refractivity contribution in [1.29, 1.82) is 0 Å². The van der Waals surface area contributed by atoms with Crippen LogP contribution in [0.5, 0.6) is 0 Å². The topological polar surface area (TPSA) is 133 Å². The summed E-state index contributed by atoms with van der Waals surface area (Å²) < 4.78 is 5.02. The van der Waals surface area contributed by atoms with Gasteiger partial charge in [0.25, 0.3) is 5.91 Å². The zero-order valence-corrected chi connectivity index (χ0v) is 23.2. The van der Waals surface area contributed by atoms with Crippen LogP contribution < -0.4 is 10.6 Å². The molecule has 0 saturated carbocycles. The molecule has 2 aromatic carbocycles. The molecule has 1 aliphatic rings. The van der Waals surface area contributed by atoms with Gasteiger partial charge in [0.1, 0.15) is 17.6 Å². The number of aromatic amines is 1. The Bertz CT molecular complexity index is 1480. The van der Waals surface area contributed by atoms with E-state index in [1.807, 2.05) is 60.7 Å². The van der Waals surface area contributed by atoms with Crippen LogP contribution in [0.25, 0.3) is 0 Å². The predicted octanol–water partition coefficient (Wildman–Crippen LogP) is 4.03. The van der Waals surface area contributed by atoms with Gasteiger partial charge in [0.05, 0.1) is 18.5 Å². The van der Waals surface area contributed by atoms with Gasteiger partial charge in [-0.15, -0.1) is 0 Å². The minimum Gasteiger partial charge on any atom is -0.361 e. The van der Waals surface area contributed by atoms with Crippen LogP contribution >= 0.6 is 0 Å². The highest BCUT2D eigenvalue weighted by Crippen LogP contribution is 2.32. The van der Waals surface area contributed by atoms with Gasteiger partial charge >= 0.3 is 0 Å². The summed E-state index contributed by atoms with van der Waals surface area (Å²) >= 11 is 0. The molecule has 0 radical (unpaired) electrons. The monoisotopic (exact) mass is 554 g/mol. The van der Waals surface area contributed by atoms with Gasteiger partial charge in [-0.25, -0.2) is 4.98 Å². The minimum absolute atomic E-state index is 0.0423. The Hall–Kier alpha value is -4.73. The van der Waals surface area contributed by atoms with Crippen LogP contribution in [0.4, 0.5) is 0 Å². The summed E-state index contributed by atoms with van der Waals surface area (Å²) in [5.74, 6) is -0.240. The van der Waals surface area contributed by atoms with E-state index in [2.05, 4.69) is 25.8 Å². The van der Waals surface area contributed by atoms with E-state index in [4.69, 9.17) is 4.52 Å². The smallest absolute Gasteiger partial charge is 0.274 e. The molecular weight excluding hydrogens is 520 g/mol. The second kappa shape index (κ2) is 12.6. The molecule has 3 heterocycles. The van der Waals surface area contributed by atoms with Gasteiger partial charge in [0.15, 0.2) is 5.69 Å². The SMILES string of the molecule is Cc1cc(C(=O)NC(CC(=O)N2CCC[C@H]2c2ccccc2)C(=O)NC(C)c2ncc(Cc3ccccc3)[nH]2)no1. The molecule has 3 amide bonds. The minimum atomic E-state index is -1.12. The molecule has 1 saturated heterocycles. The first-order valence-electron chi connectivity index (χ1n) is 13.8. The van der Waals surface area contributed by atoms with Crippen molar-refractivity contribution < 1.29 is 18.9 Å². The van der Waals surface area contributed by atoms with E-state index in [1.54, 1.807) is 24.9 Å². The van der Waals surface area contributed by atoms with E-state index in [1.165, 1.54) is 6.07 Å². The van der Waals surface area contributed by atoms with Crippen molar-refractivity contribution in [2.75, 3.05) is 6.54 Å². The highest BCUT2D eigenvalue weighted by molar-refractivity contribution is 5.97. The van der Waals surface area contributed by atoms with Crippen LogP contribution in [-0.4, -0.2) is 50.3 Å². The fourth-order valence-electron chi connectivity index (χ4n) is 5.18. The number of carbonyl (C=O) groups is 3. The van der Waals surface area contributed by atoms with Gasteiger partial charge in [0.2, 0.25) is 11.8 Å². The van der Waals surface area contributed by atoms with E-state index in [-0.39, 0.29) is 24.1 Å². The molecule has 10 heteroatoms. The molecule has 1 fully saturated rings. The molecule has 0 spiro atoms. The molecule has 212 valence electrons. The highest BCUT2D eigenvalue weighted by Gasteiger charge is 2.34. The van der Waals surface area contributed by atoms with Gasteiger partial charge in [-0.1, -0.05) is 65.8 Å². The molecule has 41 heavy (non-hydrogen) atoms. The predicted molar refractivity (Wildman–Crippen MR) is 152 cm³/mol. The summed E-state index contributed by atoms with van der Waals surface area (Å²) in [5.41, 5.74) is 3.15. The lowest BCUT2D eigenvalue weighted by molar-refractivity contribution is -0.135. The average molecular weight is 555 g/mol. The number of hydrogen-bond acceptors (Lipinski definition) is 6. The van der Waals surface area contributed by atoms with Crippen molar-refractivity contribution in [2.24, 2.45) is 0 Å². The van der Waals surface area contributed by atoms with E-state index < -0.39 is 23.9 Å².